The quantitative estimate of drug-likeness (QED) is 0.408. The van der Waals surface area contributed by atoms with E-state index in [1.165, 1.54) is 0 Å². The van der Waals surface area contributed by atoms with Gasteiger partial charge in [0.05, 0.1) is 35.1 Å². The number of anilines is 1. The second kappa shape index (κ2) is 10.2. The summed E-state index contributed by atoms with van der Waals surface area (Å²) in [6, 6.07) is 11.5. The Labute approximate surface area is 213 Å². The van der Waals surface area contributed by atoms with Gasteiger partial charge < -0.3 is 15.0 Å². The van der Waals surface area contributed by atoms with Gasteiger partial charge in [-0.05, 0) is 49.6 Å². The molecule has 4 aromatic heterocycles. The lowest BCUT2D eigenvalue weighted by molar-refractivity contribution is 0.0943. The summed E-state index contributed by atoms with van der Waals surface area (Å²) in [6.45, 7) is 4.63. The summed E-state index contributed by atoms with van der Waals surface area (Å²) in [7, 11) is 0. The maximum absolute atomic E-state index is 12.4. The number of hydrogen-bond acceptors (Lipinski definition) is 7. The molecule has 5 rings (SSSR count). The highest BCUT2D eigenvalue weighted by Crippen LogP contribution is 2.32. The Morgan fingerprint density at radius 1 is 1.31 bits per heavy atom. The Kier molecular flexibility index (Phi) is 6.69. The number of amides is 1. The summed E-state index contributed by atoms with van der Waals surface area (Å²) in [6.07, 6.45) is 7.64. The molecule has 0 radical (unpaired) electrons. The number of hydrogen-bond donors (Lipinski definition) is 1. The van der Waals surface area contributed by atoms with Crippen LogP contribution < -0.4 is 15.0 Å². The number of nitrogens with zero attached hydrogens (tertiary/aromatic N) is 6. The van der Waals surface area contributed by atoms with Crippen molar-refractivity contribution in [3.8, 4) is 22.9 Å². The molecule has 1 unspecified atom stereocenters. The first-order chi connectivity index (χ1) is 17.6. The lowest BCUT2D eigenvalue weighted by Gasteiger charge is -2.18. The van der Waals surface area contributed by atoms with E-state index in [1.807, 2.05) is 31.3 Å². The Morgan fingerprint density at radius 2 is 2.19 bits per heavy atom. The van der Waals surface area contributed by atoms with Crippen LogP contribution in [-0.2, 0) is 0 Å². The van der Waals surface area contributed by atoms with Crippen molar-refractivity contribution in [2.75, 3.05) is 31.1 Å². The molecular formula is C26H24ClN7O2. The number of fused-ring (bicyclic) bond motifs is 1. The molecule has 0 bridgehead atoms. The van der Waals surface area contributed by atoms with Crippen molar-refractivity contribution in [3.63, 3.8) is 0 Å². The lowest BCUT2D eigenvalue weighted by Crippen LogP contribution is -2.31. The van der Waals surface area contributed by atoms with E-state index in [1.54, 1.807) is 35.2 Å². The fourth-order valence-corrected chi connectivity index (χ4v) is 4.67. The van der Waals surface area contributed by atoms with Gasteiger partial charge in [-0.3, -0.25) is 4.79 Å². The van der Waals surface area contributed by atoms with Crippen LogP contribution in [0.5, 0.6) is 5.75 Å². The van der Waals surface area contributed by atoms with E-state index in [4.69, 9.17) is 21.3 Å². The molecule has 4 aromatic rings. The van der Waals surface area contributed by atoms with Crippen LogP contribution in [0.25, 0.3) is 16.6 Å². The van der Waals surface area contributed by atoms with Gasteiger partial charge in [0, 0.05) is 43.2 Å². The van der Waals surface area contributed by atoms with Crippen molar-refractivity contribution in [2.24, 2.45) is 5.92 Å². The topological polar surface area (TPSA) is 108 Å². The zero-order chi connectivity index (χ0) is 25.1. The largest absolute Gasteiger partial charge is 0.492 e. The summed E-state index contributed by atoms with van der Waals surface area (Å²) >= 11 is 6.07. The molecule has 0 saturated carbocycles. The number of rotatable bonds is 7. The van der Waals surface area contributed by atoms with Gasteiger partial charge >= 0.3 is 0 Å². The minimum Gasteiger partial charge on any atom is -0.492 e. The first-order valence-corrected chi connectivity index (χ1v) is 12.1. The molecule has 0 spiro atoms. The van der Waals surface area contributed by atoms with Gasteiger partial charge in [-0.2, -0.15) is 10.4 Å². The molecule has 1 atom stereocenters. The van der Waals surface area contributed by atoms with Gasteiger partial charge in [0.1, 0.15) is 23.3 Å². The molecule has 36 heavy (non-hydrogen) atoms. The highest BCUT2D eigenvalue weighted by molar-refractivity contribution is 6.33. The summed E-state index contributed by atoms with van der Waals surface area (Å²) in [5, 5.41) is 17.1. The molecule has 1 fully saturated rings. The summed E-state index contributed by atoms with van der Waals surface area (Å²) in [5.74, 6) is 1.57. The first-order valence-electron chi connectivity index (χ1n) is 11.7. The molecule has 182 valence electrons. The maximum Gasteiger partial charge on any atom is 0.271 e. The highest BCUT2D eigenvalue weighted by Gasteiger charge is 2.25. The van der Waals surface area contributed by atoms with Crippen LogP contribution in [0.4, 0.5) is 5.82 Å². The van der Waals surface area contributed by atoms with Crippen LogP contribution in [0.15, 0.2) is 55.1 Å². The monoisotopic (exact) mass is 501 g/mol. The van der Waals surface area contributed by atoms with E-state index in [0.29, 0.717) is 35.4 Å². The van der Waals surface area contributed by atoms with Gasteiger partial charge in [-0.1, -0.05) is 11.6 Å². The van der Waals surface area contributed by atoms with Crippen LogP contribution >= 0.6 is 11.6 Å². The SMILES string of the molecule is CCOc1cc(-c2ccc(N3CCC(CNC(=O)c4ncccc4Cl)C3)nc2)c2c(C#N)cnn2c1. The summed E-state index contributed by atoms with van der Waals surface area (Å²) in [4.78, 5) is 23.4. The summed E-state index contributed by atoms with van der Waals surface area (Å²) < 4.78 is 7.37. The van der Waals surface area contributed by atoms with E-state index >= 15 is 0 Å². The smallest absolute Gasteiger partial charge is 0.271 e. The predicted molar refractivity (Wildman–Crippen MR) is 136 cm³/mol. The molecule has 10 heteroatoms. The molecule has 1 aliphatic rings. The van der Waals surface area contributed by atoms with E-state index in [0.717, 1.165) is 42.0 Å². The molecule has 1 aliphatic heterocycles. The Balaban J connectivity index is 1.29. The predicted octanol–water partition coefficient (Wildman–Crippen LogP) is 3.97. The average Bonchev–Trinajstić information content (AvgIpc) is 3.54. The van der Waals surface area contributed by atoms with Crippen molar-refractivity contribution >= 4 is 28.8 Å². The normalized spacial score (nSPS) is 15.1. The minimum atomic E-state index is -0.265. The highest BCUT2D eigenvalue weighted by atomic mass is 35.5. The van der Waals surface area contributed by atoms with Crippen LogP contribution in [-0.4, -0.2) is 51.7 Å². The number of halogens is 1. The number of nitrogens with one attached hydrogen (secondary N) is 1. The second-order valence-corrected chi connectivity index (χ2v) is 8.94. The zero-order valence-corrected chi connectivity index (χ0v) is 20.4. The average molecular weight is 502 g/mol. The zero-order valence-electron chi connectivity index (χ0n) is 19.7. The maximum atomic E-state index is 12.4. The van der Waals surface area contributed by atoms with Crippen molar-refractivity contribution in [1.82, 2.24) is 24.9 Å². The Morgan fingerprint density at radius 3 is 2.94 bits per heavy atom. The van der Waals surface area contributed by atoms with Crippen LogP contribution in [0.2, 0.25) is 5.02 Å². The first kappa shape index (κ1) is 23.6. The number of carbonyl (C=O) groups is 1. The molecular weight excluding hydrogens is 478 g/mol. The third-order valence-electron chi connectivity index (χ3n) is 6.21. The lowest BCUT2D eigenvalue weighted by atomic mass is 10.1. The van der Waals surface area contributed by atoms with Gasteiger partial charge in [0.2, 0.25) is 0 Å². The van der Waals surface area contributed by atoms with E-state index < -0.39 is 0 Å². The molecule has 1 amide bonds. The molecule has 9 nitrogen and oxygen atoms in total. The van der Waals surface area contributed by atoms with Crippen molar-refractivity contribution in [1.29, 1.82) is 5.26 Å². The Hall–Kier alpha value is -4.16. The fourth-order valence-electron chi connectivity index (χ4n) is 4.46. The van der Waals surface area contributed by atoms with E-state index in [2.05, 4.69) is 26.4 Å². The van der Waals surface area contributed by atoms with E-state index in [9.17, 15) is 10.1 Å². The fraction of sp³-hybridized carbons (Fsp3) is 0.269. The van der Waals surface area contributed by atoms with Crippen LogP contribution in [0, 0.1) is 17.2 Å². The number of carbonyl (C=O) groups excluding carboxylic acids is 1. The summed E-state index contributed by atoms with van der Waals surface area (Å²) in [5.41, 5.74) is 3.17. The molecule has 1 N–H and O–H groups in total. The number of nitriles is 1. The minimum absolute atomic E-state index is 0.242. The van der Waals surface area contributed by atoms with Gasteiger partial charge in [0.25, 0.3) is 5.91 Å². The van der Waals surface area contributed by atoms with Crippen molar-refractivity contribution in [2.45, 2.75) is 13.3 Å². The third kappa shape index (κ3) is 4.68. The van der Waals surface area contributed by atoms with Crippen LogP contribution in [0.1, 0.15) is 29.4 Å². The Bertz CT molecular complexity index is 1450. The molecule has 0 aromatic carbocycles. The van der Waals surface area contributed by atoms with Crippen LogP contribution in [0.3, 0.4) is 0 Å². The second-order valence-electron chi connectivity index (χ2n) is 8.54. The standard InChI is InChI=1S/C26H24ClN7O2/c1-2-36-20-10-21(25-19(11-28)14-32-34(25)16-20)18-5-6-23(30-13-18)33-9-7-17(15-33)12-31-26(35)24-22(27)4-3-8-29-24/h3-6,8,10,13-14,16-17H,2,7,9,12,15H2,1H3,(H,31,35). The molecule has 5 heterocycles. The van der Waals surface area contributed by atoms with E-state index in [-0.39, 0.29) is 11.6 Å². The van der Waals surface area contributed by atoms with Gasteiger partial charge in [-0.15, -0.1) is 0 Å². The van der Waals surface area contributed by atoms with Gasteiger partial charge in [0.15, 0.2) is 0 Å². The number of pyridine rings is 3. The third-order valence-corrected chi connectivity index (χ3v) is 6.52. The molecule has 1 saturated heterocycles. The van der Waals surface area contributed by atoms with Gasteiger partial charge in [-0.25, -0.2) is 14.5 Å². The number of aromatic nitrogens is 4. The number of ether oxygens (including phenoxy) is 1. The van der Waals surface area contributed by atoms with Crippen molar-refractivity contribution < 1.29 is 9.53 Å². The van der Waals surface area contributed by atoms with Crippen molar-refractivity contribution in [3.05, 3.63) is 71.4 Å². The molecule has 0 aliphatic carbocycles.